The van der Waals surface area contributed by atoms with Crippen molar-refractivity contribution in [2.45, 2.75) is 26.6 Å². The third-order valence-corrected chi connectivity index (χ3v) is 5.40. The first-order valence-electron chi connectivity index (χ1n) is 9.60. The molecular weight excluding hydrogens is 368 g/mol. The van der Waals surface area contributed by atoms with Crippen LogP contribution in [0.2, 0.25) is 0 Å². The highest BCUT2D eigenvalue weighted by Crippen LogP contribution is 2.35. The molecule has 2 aromatic carbocycles. The molecule has 3 aromatic rings. The zero-order valence-electron chi connectivity index (χ0n) is 16.5. The number of carbonyl (C=O) groups is 1. The third kappa shape index (κ3) is 3.59. The number of aromatic carboxylic acids is 1. The summed E-state index contributed by atoms with van der Waals surface area (Å²) >= 11 is 0. The summed E-state index contributed by atoms with van der Waals surface area (Å²) in [5.74, 6) is -0.159. The van der Waals surface area contributed by atoms with Crippen molar-refractivity contribution in [2.24, 2.45) is 0 Å². The van der Waals surface area contributed by atoms with E-state index in [0.29, 0.717) is 18.8 Å². The van der Waals surface area contributed by atoms with E-state index in [1.54, 1.807) is 6.07 Å². The normalized spacial score (nSPS) is 14.0. The fraction of sp³-hybridized carbons (Fsp3) is 0.261. The Bertz CT molecular complexity index is 1040. The van der Waals surface area contributed by atoms with Gasteiger partial charge in [0.25, 0.3) is 0 Å². The predicted octanol–water partition coefficient (Wildman–Crippen LogP) is 3.55. The van der Waals surface area contributed by atoms with Crippen LogP contribution < -0.4 is 9.64 Å². The van der Waals surface area contributed by atoms with Crippen molar-refractivity contribution >= 4 is 11.7 Å². The first kappa shape index (κ1) is 19.1. The first-order valence-corrected chi connectivity index (χ1v) is 9.60. The van der Waals surface area contributed by atoms with E-state index in [9.17, 15) is 15.0 Å². The number of hydrogen-bond donors (Lipinski definition) is 2. The second kappa shape index (κ2) is 7.64. The molecule has 1 fully saturated rings. The van der Waals surface area contributed by atoms with Crippen LogP contribution in [0.1, 0.15) is 27.0 Å². The van der Waals surface area contributed by atoms with Crippen LogP contribution in [0.15, 0.2) is 54.9 Å². The number of nitrogens with zero attached hydrogens (tertiary/aromatic N) is 2. The van der Waals surface area contributed by atoms with Crippen LogP contribution in [0.25, 0.3) is 5.69 Å². The van der Waals surface area contributed by atoms with Gasteiger partial charge >= 0.3 is 5.97 Å². The maximum Gasteiger partial charge on any atom is 0.337 e. The number of carboxylic acid groups (broad SMARTS) is 1. The predicted molar refractivity (Wildman–Crippen MR) is 111 cm³/mol. The van der Waals surface area contributed by atoms with Crippen molar-refractivity contribution in [3.8, 4) is 11.4 Å². The number of aromatic nitrogens is 1. The fourth-order valence-corrected chi connectivity index (χ4v) is 3.80. The van der Waals surface area contributed by atoms with Crippen LogP contribution >= 0.6 is 0 Å². The Morgan fingerprint density at radius 1 is 1.07 bits per heavy atom. The lowest BCUT2D eigenvalue weighted by Crippen LogP contribution is -2.54. The van der Waals surface area contributed by atoms with Gasteiger partial charge in [0, 0.05) is 12.4 Å². The summed E-state index contributed by atoms with van der Waals surface area (Å²) in [6.07, 6.45) is 3.76. The summed E-state index contributed by atoms with van der Waals surface area (Å²) in [6.45, 7) is 5.33. The van der Waals surface area contributed by atoms with Crippen LogP contribution in [0.3, 0.4) is 0 Å². The summed E-state index contributed by atoms with van der Waals surface area (Å²) in [6, 6.07) is 13.0. The standard InChI is InChI=1S/C23H24N2O4/c1-15-5-8-20(23(27)28)22(24-9-3-4-10-24)21(15)25-12-19(13-25)29-18-7-6-17(14-26)16(2)11-18/h3-11,19,26H,12-14H2,1-2H3,(H,27,28). The number of aryl methyl sites for hydroxylation is 2. The van der Waals surface area contributed by atoms with Gasteiger partial charge in [-0.15, -0.1) is 0 Å². The summed E-state index contributed by atoms with van der Waals surface area (Å²) in [4.78, 5) is 14.0. The average molecular weight is 392 g/mol. The van der Waals surface area contributed by atoms with E-state index in [0.717, 1.165) is 28.1 Å². The van der Waals surface area contributed by atoms with Crippen molar-refractivity contribution in [1.29, 1.82) is 0 Å². The zero-order chi connectivity index (χ0) is 20.5. The highest BCUT2D eigenvalue weighted by molar-refractivity contribution is 5.96. The molecule has 2 heterocycles. The lowest BCUT2D eigenvalue weighted by molar-refractivity contribution is 0.0697. The Morgan fingerprint density at radius 2 is 1.79 bits per heavy atom. The lowest BCUT2D eigenvalue weighted by Gasteiger charge is -2.42. The largest absolute Gasteiger partial charge is 0.487 e. The topological polar surface area (TPSA) is 74.9 Å². The molecule has 0 unspecified atom stereocenters. The van der Waals surface area contributed by atoms with Gasteiger partial charge in [-0.1, -0.05) is 12.1 Å². The van der Waals surface area contributed by atoms with Crippen LogP contribution in [0, 0.1) is 13.8 Å². The summed E-state index contributed by atoms with van der Waals surface area (Å²) in [7, 11) is 0. The van der Waals surface area contributed by atoms with Crippen LogP contribution in [0.5, 0.6) is 5.75 Å². The second-order valence-electron chi connectivity index (χ2n) is 7.41. The number of anilines is 1. The molecule has 0 spiro atoms. The van der Waals surface area contributed by atoms with E-state index in [1.165, 1.54) is 0 Å². The summed E-state index contributed by atoms with van der Waals surface area (Å²) in [5.41, 5.74) is 4.81. The van der Waals surface area contributed by atoms with Crippen molar-refractivity contribution in [1.82, 2.24) is 4.57 Å². The van der Waals surface area contributed by atoms with Gasteiger partial charge in [-0.25, -0.2) is 4.79 Å². The minimum absolute atomic E-state index is 0.0185. The molecule has 29 heavy (non-hydrogen) atoms. The van der Waals surface area contributed by atoms with Gasteiger partial charge in [0.1, 0.15) is 11.9 Å². The molecule has 0 bridgehead atoms. The number of aliphatic hydroxyl groups excluding tert-OH is 1. The Kier molecular flexibility index (Phi) is 5.03. The van der Waals surface area contributed by atoms with Crippen molar-refractivity contribution in [3.05, 3.63) is 77.1 Å². The minimum Gasteiger partial charge on any atom is -0.487 e. The van der Waals surface area contributed by atoms with Gasteiger partial charge in [0.05, 0.1) is 36.6 Å². The SMILES string of the molecule is Cc1cc(OC2CN(c3c(C)ccc(C(=O)O)c3-n3cccc3)C2)ccc1CO. The van der Waals surface area contributed by atoms with E-state index >= 15 is 0 Å². The highest BCUT2D eigenvalue weighted by atomic mass is 16.5. The lowest BCUT2D eigenvalue weighted by atomic mass is 10.0. The molecule has 4 rings (SSSR count). The van der Waals surface area contributed by atoms with E-state index in [4.69, 9.17) is 4.74 Å². The first-order chi connectivity index (χ1) is 14.0. The Hall–Kier alpha value is -3.25. The van der Waals surface area contributed by atoms with Crippen LogP contribution in [0.4, 0.5) is 5.69 Å². The molecule has 6 heteroatoms. The molecular formula is C23H24N2O4. The van der Waals surface area contributed by atoms with Crippen molar-refractivity contribution in [3.63, 3.8) is 0 Å². The van der Waals surface area contributed by atoms with E-state index in [2.05, 4.69) is 4.90 Å². The van der Waals surface area contributed by atoms with Crippen molar-refractivity contribution in [2.75, 3.05) is 18.0 Å². The number of aliphatic hydroxyl groups is 1. The van der Waals surface area contributed by atoms with Gasteiger partial charge < -0.3 is 24.4 Å². The fourth-order valence-electron chi connectivity index (χ4n) is 3.80. The van der Waals surface area contributed by atoms with Gasteiger partial charge in [0.2, 0.25) is 0 Å². The van der Waals surface area contributed by atoms with E-state index < -0.39 is 5.97 Å². The van der Waals surface area contributed by atoms with E-state index in [-0.39, 0.29) is 18.3 Å². The van der Waals surface area contributed by atoms with Crippen LogP contribution in [-0.4, -0.2) is 39.9 Å². The van der Waals surface area contributed by atoms with E-state index in [1.807, 2.05) is 67.2 Å². The minimum atomic E-state index is -0.942. The smallest absolute Gasteiger partial charge is 0.337 e. The van der Waals surface area contributed by atoms with Gasteiger partial charge in [-0.05, 0) is 60.9 Å². The number of ether oxygens (including phenoxy) is 1. The molecule has 0 atom stereocenters. The molecule has 2 N–H and O–H groups in total. The average Bonchev–Trinajstić information content (AvgIpc) is 3.19. The second-order valence-corrected chi connectivity index (χ2v) is 7.41. The molecule has 0 aliphatic carbocycles. The van der Waals surface area contributed by atoms with Gasteiger partial charge in [-0.3, -0.25) is 0 Å². The number of hydrogen-bond acceptors (Lipinski definition) is 4. The Morgan fingerprint density at radius 3 is 2.41 bits per heavy atom. The molecule has 1 aliphatic heterocycles. The Balaban J connectivity index is 1.57. The molecule has 0 saturated carbocycles. The van der Waals surface area contributed by atoms with Crippen molar-refractivity contribution < 1.29 is 19.7 Å². The number of rotatable bonds is 6. The summed E-state index contributed by atoms with van der Waals surface area (Å²) < 4.78 is 7.94. The highest BCUT2D eigenvalue weighted by Gasteiger charge is 2.33. The maximum atomic E-state index is 11.8. The molecule has 1 aromatic heterocycles. The molecule has 150 valence electrons. The monoisotopic (exact) mass is 392 g/mol. The van der Waals surface area contributed by atoms with Gasteiger partial charge in [-0.2, -0.15) is 0 Å². The summed E-state index contributed by atoms with van der Waals surface area (Å²) in [5, 5.41) is 19.0. The molecule has 0 amide bonds. The molecule has 1 aliphatic rings. The molecule has 6 nitrogen and oxygen atoms in total. The maximum absolute atomic E-state index is 11.8. The zero-order valence-corrected chi connectivity index (χ0v) is 16.5. The van der Waals surface area contributed by atoms with Gasteiger partial charge in [0.15, 0.2) is 0 Å². The Labute approximate surface area is 169 Å². The third-order valence-electron chi connectivity index (χ3n) is 5.40. The molecule has 1 saturated heterocycles. The molecule has 0 radical (unpaired) electrons. The quantitative estimate of drug-likeness (QED) is 0.671. The number of benzene rings is 2. The van der Waals surface area contributed by atoms with Crippen LogP contribution in [-0.2, 0) is 6.61 Å². The number of carboxylic acids is 1.